The van der Waals surface area contributed by atoms with Gasteiger partial charge in [-0.2, -0.15) is 5.10 Å². The van der Waals surface area contributed by atoms with E-state index in [1.165, 1.54) is 0 Å². The van der Waals surface area contributed by atoms with Crippen molar-refractivity contribution >= 4 is 0 Å². The average Bonchev–Trinajstić information content (AvgIpc) is 2.45. The molecular formula is C8H9F3N2O. The number of alkyl halides is 3. The van der Waals surface area contributed by atoms with E-state index in [1.807, 2.05) is 0 Å². The van der Waals surface area contributed by atoms with Gasteiger partial charge in [0.15, 0.2) is 0 Å². The summed E-state index contributed by atoms with van der Waals surface area (Å²) in [4.78, 5) is 0. The van der Waals surface area contributed by atoms with Gasteiger partial charge in [0, 0.05) is 12.1 Å². The number of rotatable bonds is 2. The minimum Gasteiger partial charge on any atom is -0.289 e. The molecule has 0 aromatic carbocycles. The number of H-pyrrole nitrogens is 1. The van der Waals surface area contributed by atoms with Gasteiger partial charge in [0.25, 0.3) is 0 Å². The predicted octanol–water partition coefficient (Wildman–Crippen LogP) is 2.19. The lowest BCUT2D eigenvalue weighted by Crippen LogP contribution is -2.34. The smallest absolute Gasteiger partial charge is 0.289 e. The number of halogens is 3. The largest absolute Gasteiger partial charge is 0.522 e. The van der Waals surface area contributed by atoms with Gasteiger partial charge in [0.2, 0.25) is 0 Å². The van der Waals surface area contributed by atoms with Crippen LogP contribution < -0.4 is 0 Å². The van der Waals surface area contributed by atoms with Crippen molar-refractivity contribution in [3.05, 3.63) is 18.0 Å². The highest BCUT2D eigenvalue weighted by atomic mass is 19.4. The maximum absolute atomic E-state index is 11.8. The van der Waals surface area contributed by atoms with Crippen molar-refractivity contribution in [3.8, 4) is 0 Å². The van der Waals surface area contributed by atoms with Crippen molar-refractivity contribution in [2.45, 2.75) is 31.2 Å². The van der Waals surface area contributed by atoms with Crippen LogP contribution in [0.15, 0.2) is 12.3 Å². The summed E-state index contributed by atoms with van der Waals surface area (Å²) in [7, 11) is 0. The molecule has 0 bridgehead atoms. The normalized spacial score (nSPS) is 27.4. The lowest BCUT2D eigenvalue weighted by molar-refractivity contribution is -0.351. The van der Waals surface area contributed by atoms with Gasteiger partial charge in [-0.25, -0.2) is 0 Å². The van der Waals surface area contributed by atoms with E-state index in [1.54, 1.807) is 12.3 Å². The van der Waals surface area contributed by atoms with Gasteiger partial charge in [-0.05, 0) is 18.9 Å². The fourth-order valence-corrected chi connectivity index (χ4v) is 1.59. The van der Waals surface area contributed by atoms with E-state index >= 15 is 0 Å². The molecule has 0 saturated heterocycles. The summed E-state index contributed by atoms with van der Waals surface area (Å²) in [5.74, 6) is 0.105. The molecule has 14 heavy (non-hydrogen) atoms. The molecule has 6 heteroatoms. The Hall–Kier alpha value is -1.04. The summed E-state index contributed by atoms with van der Waals surface area (Å²) >= 11 is 0. The number of hydrogen-bond donors (Lipinski definition) is 1. The molecule has 0 spiro atoms. The highest BCUT2D eigenvalue weighted by Crippen LogP contribution is 2.40. The topological polar surface area (TPSA) is 37.9 Å². The van der Waals surface area contributed by atoms with Gasteiger partial charge in [-0.3, -0.25) is 9.84 Å². The molecule has 0 radical (unpaired) electrons. The molecule has 1 saturated carbocycles. The molecule has 1 aromatic heterocycles. The van der Waals surface area contributed by atoms with Crippen LogP contribution in [0.5, 0.6) is 0 Å². The third-order valence-electron chi connectivity index (χ3n) is 2.34. The fraction of sp³-hybridized carbons (Fsp3) is 0.625. The summed E-state index contributed by atoms with van der Waals surface area (Å²) in [6.45, 7) is 0. The van der Waals surface area contributed by atoms with Crippen molar-refractivity contribution in [1.29, 1.82) is 0 Å². The number of hydrogen-bond acceptors (Lipinski definition) is 2. The first-order chi connectivity index (χ1) is 6.54. The number of aromatic amines is 1. The minimum atomic E-state index is -4.51. The van der Waals surface area contributed by atoms with Gasteiger partial charge in [-0.1, -0.05) is 0 Å². The highest BCUT2D eigenvalue weighted by molar-refractivity contribution is 5.10. The third kappa shape index (κ3) is 2.06. The molecule has 2 rings (SSSR count). The van der Waals surface area contributed by atoms with E-state index in [0.29, 0.717) is 12.8 Å². The monoisotopic (exact) mass is 206 g/mol. The first-order valence-corrected chi connectivity index (χ1v) is 4.29. The summed E-state index contributed by atoms with van der Waals surface area (Å²) in [6, 6.07) is 1.77. The molecular weight excluding hydrogens is 197 g/mol. The average molecular weight is 206 g/mol. The van der Waals surface area contributed by atoms with Gasteiger partial charge < -0.3 is 0 Å². The summed E-state index contributed by atoms with van der Waals surface area (Å²) < 4.78 is 39.1. The molecule has 0 amide bonds. The number of nitrogens with zero attached hydrogens (tertiary/aromatic N) is 1. The Morgan fingerprint density at radius 3 is 2.64 bits per heavy atom. The second kappa shape index (κ2) is 3.27. The quantitative estimate of drug-likeness (QED) is 0.805. The SMILES string of the molecule is FC(F)(F)OC1CC(c2cc[nH]n2)C1. The molecule has 1 heterocycles. The second-order valence-corrected chi connectivity index (χ2v) is 3.35. The molecule has 1 fully saturated rings. The third-order valence-corrected chi connectivity index (χ3v) is 2.34. The maximum Gasteiger partial charge on any atom is 0.522 e. The van der Waals surface area contributed by atoms with Crippen molar-refractivity contribution in [2.75, 3.05) is 0 Å². The zero-order valence-electron chi connectivity index (χ0n) is 7.21. The molecule has 0 atom stereocenters. The van der Waals surface area contributed by atoms with E-state index in [0.717, 1.165) is 5.69 Å². The predicted molar refractivity (Wildman–Crippen MR) is 41.5 cm³/mol. The zero-order chi connectivity index (χ0) is 10.2. The summed E-state index contributed by atoms with van der Waals surface area (Å²) in [5, 5.41) is 6.54. The Balaban J connectivity index is 1.80. The summed E-state index contributed by atoms with van der Waals surface area (Å²) in [5.41, 5.74) is 0.812. The van der Waals surface area contributed by atoms with E-state index in [4.69, 9.17) is 0 Å². The van der Waals surface area contributed by atoms with E-state index < -0.39 is 12.5 Å². The van der Waals surface area contributed by atoms with Crippen LogP contribution in [-0.4, -0.2) is 22.7 Å². The first kappa shape index (κ1) is 9.51. The molecule has 78 valence electrons. The Kier molecular flexibility index (Phi) is 2.22. The van der Waals surface area contributed by atoms with E-state index in [9.17, 15) is 13.2 Å². The molecule has 3 nitrogen and oxygen atoms in total. The highest BCUT2D eigenvalue weighted by Gasteiger charge is 2.41. The molecule has 0 aliphatic heterocycles. The van der Waals surface area contributed by atoms with Crippen LogP contribution in [0.25, 0.3) is 0 Å². The Bertz CT molecular complexity index is 290. The van der Waals surface area contributed by atoms with Crippen molar-refractivity contribution < 1.29 is 17.9 Å². The van der Waals surface area contributed by atoms with Gasteiger partial charge in [0.05, 0.1) is 11.8 Å². The van der Waals surface area contributed by atoms with E-state index in [-0.39, 0.29) is 5.92 Å². The Labute approximate surface area is 78.3 Å². The van der Waals surface area contributed by atoms with Gasteiger partial charge in [-0.15, -0.1) is 13.2 Å². The molecule has 1 aliphatic rings. The summed E-state index contributed by atoms with van der Waals surface area (Å²) in [6.07, 6.45) is -2.76. The van der Waals surface area contributed by atoms with Crippen molar-refractivity contribution in [2.24, 2.45) is 0 Å². The van der Waals surface area contributed by atoms with Crippen LogP contribution in [0.2, 0.25) is 0 Å². The maximum atomic E-state index is 11.8. The molecule has 1 N–H and O–H groups in total. The van der Waals surface area contributed by atoms with Gasteiger partial charge in [0.1, 0.15) is 0 Å². The van der Waals surface area contributed by atoms with Crippen LogP contribution in [-0.2, 0) is 4.74 Å². The van der Waals surface area contributed by atoms with Crippen LogP contribution in [0, 0.1) is 0 Å². The van der Waals surface area contributed by atoms with Gasteiger partial charge >= 0.3 is 6.36 Å². The standard InChI is InChI=1S/C8H9F3N2O/c9-8(10,11)14-6-3-5(4-6)7-1-2-12-13-7/h1-2,5-6H,3-4H2,(H,12,13). The Morgan fingerprint density at radius 2 is 2.14 bits per heavy atom. The number of nitrogens with one attached hydrogen (secondary N) is 1. The van der Waals surface area contributed by atoms with E-state index in [2.05, 4.69) is 14.9 Å². The van der Waals surface area contributed by atoms with Crippen LogP contribution in [0.1, 0.15) is 24.5 Å². The zero-order valence-corrected chi connectivity index (χ0v) is 7.21. The second-order valence-electron chi connectivity index (χ2n) is 3.35. The Morgan fingerprint density at radius 1 is 1.43 bits per heavy atom. The fourth-order valence-electron chi connectivity index (χ4n) is 1.59. The molecule has 1 aliphatic carbocycles. The van der Waals surface area contributed by atoms with Crippen LogP contribution in [0.4, 0.5) is 13.2 Å². The molecule has 0 unspecified atom stereocenters. The molecule has 1 aromatic rings. The van der Waals surface area contributed by atoms with Crippen molar-refractivity contribution in [3.63, 3.8) is 0 Å². The number of aromatic nitrogens is 2. The van der Waals surface area contributed by atoms with Crippen LogP contribution in [0.3, 0.4) is 0 Å². The van der Waals surface area contributed by atoms with Crippen LogP contribution >= 0.6 is 0 Å². The van der Waals surface area contributed by atoms with Crippen molar-refractivity contribution in [1.82, 2.24) is 10.2 Å². The lowest BCUT2D eigenvalue weighted by atomic mass is 9.80. The lowest BCUT2D eigenvalue weighted by Gasteiger charge is -2.34. The minimum absolute atomic E-state index is 0.105. The number of ether oxygens (including phenoxy) is 1. The first-order valence-electron chi connectivity index (χ1n) is 4.29.